The third-order valence-electron chi connectivity index (χ3n) is 4.68. The summed E-state index contributed by atoms with van der Waals surface area (Å²) in [7, 11) is 0. The Bertz CT molecular complexity index is 586. The van der Waals surface area contributed by atoms with Gasteiger partial charge >= 0.3 is 0 Å². The third-order valence-corrected chi connectivity index (χ3v) is 4.68. The molecule has 23 heavy (non-hydrogen) atoms. The average molecular weight is 318 g/mol. The molecule has 2 amide bonds. The Morgan fingerprint density at radius 2 is 1.96 bits per heavy atom. The van der Waals surface area contributed by atoms with Gasteiger partial charge in [-0.3, -0.25) is 9.59 Å². The van der Waals surface area contributed by atoms with Crippen LogP contribution in [0.15, 0.2) is 24.3 Å². The lowest BCUT2D eigenvalue weighted by atomic mass is 9.96. The van der Waals surface area contributed by atoms with Gasteiger partial charge in [0.05, 0.1) is 5.92 Å². The highest BCUT2D eigenvalue weighted by Gasteiger charge is 2.36. The Labute approximate surface area is 136 Å². The molecule has 0 spiro atoms. The van der Waals surface area contributed by atoms with E-state index in [9.17, 15) is 14.0 Å². The van der Waals surface area contributed by atoms with Gasteiger partial charge in [0.15, 0.2) is 0 Å². The van der Waals surface area contributed by atoms with Crippen LogP contribution in [0.5, 0.6) is 0 Å². The second-order valence-electron chi connectivity index (χ2n) is 6.53. The Morgan fingerprint density at radius 1 is 1.17 bits per heavy atom. The Kier molecular flexibility index (Phi) is 4.94. The largest absolute Gasteiger partial charge is 0.355 e. The first kappa shape index (κ1) is 16.0. The molecule has 4 nitrogen and oxygen atoms in total. The van der Waals surface area contributed by atoms with E-state index in [1.807, 2.05) is 4.90 Å². The Balaban J connectivity index is 1.46. The molecule has 0 aromatic heterocycles. The first-order valence-electron chi connectivity index (χ1n) is 8.45. The van der Waals surface area contributed by atoms with E-state index in [2.05, 4.69) is 5.32 Å². The summed E-state index contributed by atoms with van der Waals surface area (Å²) in [5, 5.41) is 2.89. The SMILES string of the molecule is O=C(NCCc1ccccc1F)[C@@H]1CCCN(C(=O)C2CC2)C1. The van der Waals surface area contributed by atoms with Gasteiger partial charge in [-0.25, -0.2) is 4.39 Å². The van der Waals surface area contributed by atoms with E-state index in [0.717, 1.165) is 32.2 Å². The van der Waals surface area contributed by atoms with Gasteiger partial charge in [0.25, 0.3) is 0 Å². The smallest absolute Gasteiger partial charge is 0.225 e. The maximum absolute atomic E-state index is 13.5. The fourth-order valence-corrected chi connectivity index (χ4v) is 3.15. The van der Waals surface area contributed by atoms with Crippen LogP contribution in [0.2, 0.25) is 0 Å². The molecule has 1 saturated heterocycles. The lowest BCUT2D eigenvalue weighted by Gasteiger charge is -2.32. The van der Waals surface area contributed by atoms with Crippen LogP contribution in [-0.2, 0) is 16.0 Å². The highest BCUT2D eigenvalue weighted by molar-refractivity contribution is 5.83. The number of likely N-dealkylation sites (tertiary alicyclic amines) is 1. The zero-order valence-corrected chi connectivity index (χ0v) is 13.3. The van der Waals surface area contributed by atoms with Crippen molar-refractivity contribution >= 4 is 11.8 Å². The molecule has 1 saturated carbocycles. The van der Waals surface area contributed by atoms with Crippen LogP contribution in [0.25, 0.3) is 0 Å². The number of benzene rings is 1. The van der Waals surface area contributed by atoms with Crippen LogP contribution in [-0.4, -0.2) is 36.3 Å². The van der Waals surface area contributed by atoms with E-state index in [-0.39, 0.29) is 29.5 Å². The number of piperidine rings is 1. The van der Waals surface area contributed by atoms with E-state index in [4.69, 9.17) is 0 Å². The van der Waals surface area contributed by atoms with Crippen molar-refractivity contribution < 1.29 is 14.0 Å². The van der Waals surface area contributed by atoms with E-state index in [1.165, 1.54) is 6.07 Å². The first-order chi connectivity index (χ1) is 11.1. The monoisotopic (exact) mass is 318 g/mol. The van der Waals surface area contributed by atoms with E-state index in [1.54, 1.807) is 18.2 Å². The summed E-state index contributed by atoms with van der Waals surface area (Å²) in [6, 6.07) is 6.62. The van der Waals surface area contributed by atoms with Gasteiger partial charge in [-0.05, 0) is 43.7 Å². The van der Waals surface area contributed by atoms with Crippen molar-refractivity contribution in [2.24, 2.45) is 11.8 Å². The number of nitrogens with zero attached hydrogens (tertiary/aromatic N) is 1. The topological polar surface area (TPSA) is 49.4 Å². The molecule has 1 aromatic rings. The molecule has 1 heterocycles. The highest BCUT2D eigenvalue weighted by Crippen LogP contribution is 2.32. The predicted molar refractivity (Wildman–Crippen MR) is 85.1 cm³/mol. The summed E-state index contributed by atoms with van der Waals surface area (Å²) in [5.41, 5.74) is 0.613. The van der Waals surface area contributed by atoms with Crippen LogP contribution >= 0.6 is 0 Å². The van der Waals surface area contributed by atoms with Gasteiger partial charge in [0.2, 0.25) is 11.8 Å². The number of halogens is 1. The quantitative estimate of drug-likeness (QED) is 0.904. The molecule has 5 heteroatoms. The van der Waals surface area contributed by atoms with Crippen molar-refractivity contribution in [3.05, 3.63) is 35.6 Å². The molecule has 124 valence electrons. The van der Waals surface area contributed by atoms with Gasteiger partial charge in [0.1, 0.15) is 5.82 Å². The molecule has 2 fully saturated rings. The predicted octanol–water partition coefficient (Wildman–Crippen LogP) is 2.13. The van der Waals surface area contributed by atoms with Crippen molar-refractivity contribution in [1.82, 2.24) is 10.2 Å². The maximum Gasteiger partial charge on any atom is 0.225 e. The van der Waals surface area contributed by atoms with Crippen molar-refractivity contribution in [1.29, 1.82) is 0 Å². The van der Waals surface area contributed by atoms with E-state index < -0.39 is 0 Å². The molecule has 0 radical (unpaired) electrons. The van der Waals surface area contributed by atoms with Crippen molar-refractivity contribution in [2.75, 3.05) is 19.6 Å². The minimum absolute atomic E-state index is 0.0189. The normalized spacial score (nSPS) is 21.1. The molecule has 0 bridgehead atoms. The molecular weight excluding hydrogens is 295 g/mol. The zero-order valence-electron chi connectivity index (χ0n) is 13.3. The fraction of sp³-hybridized carbons (Fsp3) is 0.556. The minimum Gasteiger partial charge on any atom is -0.355 e. The Morgan fingerprint density at radius 3 is 2.70 bits per heavy atom. The number of carbonyl (C=O) groups is 2. The second-order valence-corrected chi connectivity index (χ2v) is 6.53. The molecular formula is C18H23FN2O2. The molecule has 1 N–H and O–H groups in total. The summed E-state index contributed by atoms with van der Waals surface area (Å²) in [6.45, 7) is 1.72. The fourth-order valence-electron chi connectivity index (χ4n) is 3.15. The van der Waals surface area contributed by atoms with Crippen LogP contribution in [0.4, 0.5) is 4.39 Å². The molecule has 3 rings (SSSR count). The number of hydrogen-bond donors (Lipinski definition) is 1. The van der Waals surface area contributed by atoms with Crippen molar-refractivity contribution in [3.63, 3.8) is 0 Å². The summed E-state index contributed by atoms with van der Waals surface area (Å²) in [6.07, 6.45) is 4.17. The van der Waals surface area contributed by atoms with Crippen LogP contribution < -0.4 is 5.32 Å². The van der Waals surface area contributed by atoms with Crippen molar-refractivity contribution in [2.45, 2.75) is 32.1 Å². The second kappa shape index (κ2) is 7.11. The number of hydrogen-bond acceptors (Lipinski definition) is 2. The van der Waals surface area contributed by atoms with E-state index >= 15 is 0 Å². The summed E-state index contributed by atoms with van der Waals surface area (Å²) < 4.78 is 13.5. The van der Waals surface area contributed by atoms with Gasteiger partial charge in [-0.1, -0.05) is 18.2 Å². The first-order valence-corrected chi connectivity index (χ1v) is 8.45. The van der Waals surface area contributed by atoms with Crippen LogP contribution in [0, 0.1) is 17.7 Å². The van der Waals surface area contributed by atoms with Gasteiger partial charge < -0.3 is 10.2 Å². The standard InChI is InChI=1S/C18H23FN2O2/c19-16-6-2-1-4-13(16)9-10-20-17(22)15-5-3-11-21(12-15)18(23)14-7-8-14/h1-2,4,6,14-15H,3,5,7-12H2,(H,20,22)/t15-/m1/s1. The number of nitrogens with one attached hydrogen (secondary N) is 1. The zero-order chi connectivity index (χ0) is 16.2. The third kappa shape index (κ3) is 4.09. The number of carbonyl (C=O) groups excluding carboxylic acids is 2. The highest BCUT2D eigenvalue weighted by atomic mass is 19.1. The van der Waals surface area contributed by atoms with Crippen molar-refractivity contribution in [3.8, 4) is 0 Å². The lowest BCUT2D eigenvalue weighted by molar-refractivity contribution is -0.136. The number of amides is 2. The molecule has 1 atom stereocenters. The molecule has 0 unspecified atom stereocenters. The van der Waals surface area contributed by atoms with E-state index in [0.29, 0.717) is 25.1 Å². The lowest BCUT2D eigenvalue weighted by Crippen LogP contribution is -2.46. The molecule has 1 aromatic carbocycles. The molecule has 1 aliphatic heterocycles. The Hall–Kier alpha value is -1.91. The molecule has 2 aliphatic rings. The van der Waals surface area contributed by atoms with Crippen LogP contribution in [0.3, 0.4) is 0 Å². The van der Waals surface area contributed by atoms with Gasteiger partial charge in [-0.15, -0.1) is 0 Å². The molecule has 1 aliphatic carbocycles. The summed E-state index contributed by atoms with van der Waals surface area (Å²) in [4.78, 5) is 26.3. The number of rotatable bonds is 5. The van der Waals surface area contributed by atoms with Crippen LogP contribution in [0.1, 0.15) is 31.2 Å². The summed E-state index contributed by atoms with van der Waals surface area (Å²) in [5.74, 6) is 0.0362. The summed E-state index contributed by atoms with van der Waals surface area (Å²) >= 11 is 0. The van der Waals surface area contributed by atoms with Gasteiger partial charge in [0, 0.05) is 25.6 Å². The van der Waals surface area contributed by atoms with Gasteiger partial charge in [-0.2, -0.15) is 0 Å². The minimum atomic E-state index is -0.236. The average Bonchev–Trinajstić information content (AvgIpc) is 3.41. The maximum atomic E-state index is 13.5.